The summed E-state index contributed by atoms with van der Waals surface area (Å²) in [6.45, 7) is 7.29. The number of nitrogens with one attached hydrogen (secondary N) is 1. The molecule has 1 aromatic carbocycles. The number of hydrogen-bond acceptors (Lipinski definition) is 3. The Labute approximate surface area is 133 Å². The first-order valence-electron chi connectivity index (χ1n) is 8.27. The van der Waals surface area contributed by atoms with Crippen LogP contribution in [-0.4, -0.2) is 55.1 Å². The Balaban J connectivity index is 1.37. The fourth-order valence-corrected chi connectivity index (χ4v) is 3.65. The van der Waals surface area contributed by atoms with E-state index in [1.54, 1.807) is 0 Å². The molecule has 1 aromatic rings. The second-order valence-electron chi connectivity index (χ2n) is 6.27. The Morgan fingerprint density at radius 1 is 1.05 bits per heavy atom. The molecule has 2 fully saturated rings. The van der Waals surface area contributed by atoms with E-state index >= 15 is 0 Å². The van der Waals surface area contributed by atoms with Crippen LogP contribution in [0.25, 0.3) is 0 Å². The van der Waals surface area contributed by atoms with Gasteiger partial charge in [-0.1, -0.05) is 18.0 Å². The zero-order valence-electron chi connectivity index (χ0n) is 12.7. The largest absolute Gasteiger partial charge is 0.384 e. The minimum atomic E-state index is 0.796. The number of halogens is 1. The lowest BCUT2D eigenvalue weighted by molar-refractivity contribution is 0.163. The van der Waals surface area contributed by atoms with Gasteiger partial charge in [0, 0.05) is 36.4 Å². The van der Waals surface area contributed by atoms with E-state index in [1.165, 1.54) is 51.9 Å². The van der Waals surface area contributed by atoms with Crippen molar-refractivity contribution < 1.29 is 0 Å². The van der Waals surface area contributed by atoms with E-state index in [2.05, 4.69) is 15.1 Å². The highest BCUT2D eigenvalue weighted by molar-refractivity contribution is 6.30. The van der Waals surface area contributed by atoms with Crippen molar-refractivity contribution in [1.29, 1.82) is 0 Å². The topological polar surface area (TPSA) is 18.5 Å². The molecule has 0 aliphatic carbocycles. The lowest BCUT2D eigenvalue weighted by atomic mass is 10.1. The summed E-state index contributed by atoms with van der Waals surface area (Å²) in [5.41, 5.74) is 1.16. The fourth-order valence-electron chi connectivity index (χ4n) is 3.52. The third-order valence-electron chi connectivity index (χ3n) is 4.76. The molecule has 0 radical (unpaired) electrons. The third kappa shape index (κ3) is 4.35. The van der Waals surface area contributed by atoms with Gasteiger partial charge in [-0.15, -0.1) is 0 Å². The Hall–Kier alpha value is -0.770. The van der Waals surface area contributed by atoms with Gasteiger partial charge in [0.2, 0.25) is 0 Å². The summed E-state index contributed by atoms with van der Waals surface area (Å²) in [4.78, 5) is 5.32. The van der Waals surface area contributed by atoms with Crippen LogP contribution < -0.4 is 5.32 Å². The van der Waals surface area contributed by atoms with Gasteiger partial charge in [-0.3, -0.25) is 9.80 Å². The van der Waals surface area contributed by atoms with Gasteiger partial charge in [-0.25, -0.2) is 0 Å². The van der Waals surface area contributed by atoms with Crippen LogP contribution in [0.1, 0.15) is 25.7 Å². The number of nitrogens with zero attached hydrogens (tertiary/aromatic N) is 2. The van der Waals surface area contributed by atoms with Gasteiger partial charge in [-0.05, 0) is 63.2 Å². The van der Waals surface area contributed by atoms with E-state index < -0.39 is 0 Å². The van der Waals surface area contributed by atoms with Crippen LogP contribution in [-0.2, 0) is 0 Å². The molecule has 1 N–H and O–H groups in total. The van der Waals surface area contributed by atoms with Crippen molar-refractivity contribution in [3.05, 3.63) is 29.3 Å². The van der Waals surface area contributed by atoms with E-state index in [1.807, 2.05) is 24.3 Å². The van der Waals surface area contributed by atoms with Crippen molar-refractivity contribution in [1.82, 2.24) is 9.80 Å². The van der Waals surface area contributed by atoms with Crippen molar-refractivity contribution in [3.8, 4) is 0 Å². The van der Waals surface area contributed by atoms with Crippen LogP contribution >= 0.6 is 11.6 Å². The highest BCUT2D eigenvalue weighted by Gasteiger charge is 2.27. The van der Waals surface area contributed by atoms with Crippen LogP contribution in [0.3, 0.4) is 0 Å². The minimum Gasteiger partial charge on any atom is -0.384 e. The van der Waals surface area contributed by atoms with E-state index in [0.29, 0.717) is 0 Å². The number of anilines is 1. The van der Waals surface area contributed by atoms with Crippen molar-refractivity contribution >= 4 is 17.3 Å². The van der Waals surface area contributed by atoms with Crippen LogP contribution in [0, 0.1) is 0 Å². The maximum absolute atomic E-state index is 5.90. The zero-order valence-corrected chi connectivity index (χ0v) is 13.5. The maximum atomic E-state index is 5.90. The molecule has 3 rings (SSSR count). The van der Waals surface area contributed by atoms with Gasteiger partial charge in [-0.2, -0.15) is 0 Å². The van der Waals surface area contributed by atoms with Crippen molar-refractivity contribution in [2.75, 3.05) is 44.6 Å². The lowest BCUT2D eigenvalue weighted by Gasteiger charge is -2.32. The maximum Gasteiger partial charge on any atom is 0.0407 e. The summed E-state index contributed by atoms with van der Waals surface area (Å²) in [7, 11) is 0. The summed E-state index contributed by atoms with van der Waals surface area (Å²) in [6, 6.07) is 8.77. The Kier molecular flexibility index (Phi) is 5.39. The molecule has 1 unspecified atom stereocenters. The molecular formula is C17H26ClN3. The number of benzene rings is 1. The molecule has 116 valence electrons. The standard InChI is InChI=1S/C17H26ClN3/c18-15-4-6-16(7-5-15)19-9-13-20-12-8-17(14-20)21-10-2-1-3-11-21/h4-7,17,19H,1-3,8-14H2. The Morgan fingerprint density at radius 3 is 2.57 bits per heavy atom. The van der Waals surface area contributed by atoms with E-state index in [4.69, 9.17) is 11.6 Å². The van der Waals surface area contributed by atoms with E-state index in [-0.39, 0.29) is 0 Å². The van der Waals surface area contributed by atoms with Gasteiger partial charge in [0.05, 0.1) is 0 Å². The normalized spacial score (nSPS) is 24.3. The summed E-state index contributed by atoms with van der Waals surface area (Å²) in [6.07, 6.45) is 5.57. The first-order valence-corrected chi connectivity index (χ1v) is 8.65. The summed E-state index contributed by atoms with van der Waals surface area (Å²) >= 11 is 5.90. The number of likely N-dealkylation sites (tertiary alicyclic amines) is 2. The molecule has 0 bridgehead atoms. The average molecular weight is 308 g/mol. The lowest BCUT2D eigenvalue weighted by Crippen LogP contribution is -2.41. The smallest absolute Gasteiger partial charge is 0.0407 e. The average Bonchev–Trinajstić information content (AvgIpc) is 2.99. The van der Waals surface area contributed by atoms with Gasteiger partial charge < -0.3 is 5.32 Å². The van der Waals surface area contributed by atoms with Gasteiger partial charge in [0.25, 0.3) is 0 Å². The SMILES string of the molecule is Clc1ccc(NCCN2CCC(N3CCCCC3)C2)cc1. The summed E-state index contributed by atoms with van der Waals surface area (Å²) in [5.74, 6) is 0. The first kappa shape index (κ1) is 15.1. The molecule has 1 atom stereocenters. The molecular weight excluding hydrogens is 282 g/mol. The summed E-state index contributed by atoms with van der Waals surface area (Å²) < 4.78 is 0. The second-order valence-corrected chi connectivity index (χ2v) is 6.71. The van der Waals surface area contributed by atoms with Crippen molar-refractivity contribution in [2.24, 2.45) is 0 Å². The van der Waals surface area contributed by atoms with Crippen LogP contribution in [0.15, 0.2) is 24.3 Å². The van der Waals surface area contributed by atoms with Crippen LogP contribution in [0.2, 0.25) is 5.02 Å². The molecule has 2 aliphatic heterocycles. The van der Waals surface area contributed by atoms with E-state index in [9.17, 15) is 0 Å². The fraction of sp³-hybridized carbons (Fsp3) is 0.647. The molecule has 21 heavy (non-hydrogen) atoms. The molecule has 3 nitrogen and oxygen atoms in total. The molecule has 0 amide bonds. The monoisotopic (exact) mass is 307 g/mol. The Morgan fingerprint density at radius 2 is 1.81 bits per heavy atom. The molecule has 0 aromatic heterocycles. The number of piperidine rings is 1. The molecule has 0 saturated carbocycles. The highest BCUT2D eigenvalue weighted by Crippen LogP contribution is 2.20. The molecule has 0 spiro atoms. The summed E-state index contributed by atoms with van der Waals surface area (Å²) in [5, 5.41) is 4.28. The molecule has 2 heterocycles. The molecule has 2 aliphatic rings. The van der Waals surface area contributed by atoms with Crippen molar-refractivity contribution in [2.45, 2.75) is 31.7 Å². The second kappa shape index (κ2) is 7.48. The van der Waals surface area contributed by atoms with Crippen molar-refractivity contribution in [3.63, 3.8) is 0 Å². The number of hydrogen-bond donors (Lipinski definition) is 1. The van der Waals surface area contributed by atoms with Gasteiger partial charge in [0.1, 0.15) is 0 Å². The molecule has 2 saturated heterocycles. The third-order valence-corrected chi connectivity index (χ3v) is 5.01. The molecule has 4 heteroatoms. The highest BCUT2D eigenvalue weighted by atomic mass is 35.5. The predicted molar refractivity (Wildman–Crippen MR) is 90.2 cm³/mol. The predicted octanol–water partition coefficient (Wildman–Crippen LogP) is 3.31. The zero-order chi connectivity index (χ0) is 14.5. The number of rotatable bonds is 5. The van der Waals surface area contributed by atoms with Crippen LogP contribution in [0.4, 0.5) is 5.69 Å². The van der Waals surface area contributed by atoms with Gasteiger partial charge >= 0.3 is 0 Å². The minimum absolute atomic E-state index is 0.796. The quantitative estimate of drug-likeness (QED) is 0.900. The van der Waals surface area contributed by atoms with E-state index in [0.717, 1.165) is 29.8 Å². The van der Waals surface area contributed by atoms with Gasteiger partial charge in [0.15, 0.2) is 0 Å². The Bertz CT molecular complexity index is 428. The van der Waals surface area contributed by atoms with Crippen LogP contribution in [0.5, 0.6) is 0 Å². The first-order chi connectivity index (χ1) is 10.3.